The molecule has 4 nitrogen and oxygen atoms in total. The molecule has 1 amide bonds. The fourth-order valence-electron chi connectivity index (χ4n) is 4.02. The molecule has 1 aromatic rings. The molecule has 2 fully saturated rings. The van der Waals surface area contributed by atoms with Gasteiger partial charge in [0.15, 0.2) is 0 Å². The third kappa shape index (κ3) is 2.17. The lowest BCUT2D eigenvalue weighted by Gasteiger charge is -2.28. The maximum absolute atomic E-state index is 12.3. The third-order valence-corrected chi connectivity index (χ3v) is 5.27. The summed E-state index contributed by atoms with van der Waals surface area (Å²) >= 11 is 0. The Labute approximate surface area is 114 Å². The van der Waals surface area contributed by atoms with Crippen molar-refractivity contribution < 1.29 is 4.79 Å². The van der Waals surface area contributed by atoms with Gasteiger partial charge < -0.3 is 5.32 Å². The first-order valence-corrected chi connectivity index (χ1v) is 7.35. The Morgan fingerprint density at radius 1 is 1.47 bits per heavy atom. The molecule has 0 saturated heterocycles. The first-order chi connectivity index (χ1) is 9.06. The number of nitrogens with zero attached hydrogens (tertiary/aromatic N) is 2. The summed E-state index contributed by atoms with van der Waals surface area (Å²) in [5.74, 6) is 2.48. The molecule has 1 heterocycles. The molecule has 0 radical (unpaired) electrons. The first kappa shape index (κ1) is 12.7. The lowest BCUT2D eigenvalue weighted by molar-refractivity contribution is 0.0914. The predicted molar refractivity (Wildman–Crippen MR) is 73.8 cm³/mol. The molecule has 1 aromatic heterocycles. The average molecular weight is 261 g/mol. The van der Waals surface area contributed by atoms with Gasteiger partial charge in [-0.15, -0.1) is 0 Å². The summed E-state index contributed by atoms with van der Waals surface area (Å²) in [6.45, 7) is 4.10. The van der Waals surface area contributed by atoms with E-state index >= 15 is 0 Å². The Morgan fingerprint density at radius 2 is 2.26 bits per heavy atom. The smallest absolute Gasteiger partial charge is 0.254 e. The number of fused-ring (bicyclic) bond motifs is 2. The standard InChI is InChI=1S/C15H23N3O/c1-9(13-7-11-4-5-12(13)6-11)17-15(19)14-8-16-18(3)10(14)2/h8-9,11-13H,4-7H2,1-3H3,(H,17,19)/t9-,11+,12+,13+/m1/s1. The van der Waals surface area contributed by atoms with E-state index in [2.05, 4.69) is 17.3 Å². The van der Waals surface area contributed by atoms with Crippen molar-refractivity contribution >= 4 is 5.91 Å². The number of hydrogen-bond donors (Lipinski definition) is 1. The van der Waals surface area contributed by atoms with Gasteiger partial charge in [0, 0.05) is 18.8 Å². The maximum Gasteiger partial charge on any atom is 0.254 e. The van der Waals surface area contributed by atoms with Gasteiger partial charge >= 0.3 is 0 Å². The summed E-state index contributed by atoms with van der Waals surface area (Å²) in [5.41, 5.74) is 1.63. The lowest BCUT2D eigenvalue weighted by Crippen LogP contribution is -2.40. The van der Waals surface area contributed by atoms with Crippen LogP contribution in [0.5, 0.6) is 0 Å². The predicted octanol–water partition coefficient (Wildman–Crippen LogP) is 2.28. The minimum absolute atomic E-state index is 0.0286. The van der Waals surface area contributed by atoms with Gasteiger partial charge in [0.05, 0.1) is 11.8 Å². The van der Waals surface area contributed by atoms with Gasteiger partial charge in [0.25, 0.3) is 5.91 Å². The van der Waals surface area contributed by atoms with Crippen molar-refractivity contribution in [1.82, 2.24) is 15.1 Å². The van der Waals surface area contributed by atoms with Crippen LogP contribution in [0.2, 0.25) is 0 Å². The quantitative estimate of drug-likeness (QED) is 0.907. The number of nitrogens with one attached hydrogen (secondary N) is 1. The molecule has 1 N–H and O–H groups in total. The van der Waals surface area contributed by atoms with Gasteiger partial charge in [-0.1, -0.05) is 6.42 Å². The average Bonchev–Trinajstić information content (AvgIpc) is 3.06. The van der Waals surface area contributed by atoms with Gasteiger partial charge in [-0.05, 0) is 50.9 Å². The van der Waals surface area contributed by atoms with Crippen LogP contribution in [0.25, 0.3) is 0 Å². The SMILES string of the molecule is Cc1c(C(=O)N[C@H](C)[C@@H]2C[C@H]3CC[C@H]2C3)cnn1C. The van der Waals surface area contributed by atoms with E-state index in [0.29, 0.717) is 11.5 Å². The van der Waals surface area contributed by atoms with E-state index in [4.69, 9.17) is 0 Å². The summed E-state index contributed by atoms with van der Waals surface area (Å²) < 4.78 is 1.75. The van der Waals surface area contributed by atoms with Crippen LogP contribution in [0, 0.1) is 24.7 Å². The molecule has 2 aliphatic rings. The highest BCUT2D eigenvalue weighted by Crippen LogP contribution is 2.49. The van der Waals surface area contributed by atoms with Crippen molar-refractivity contribution in [2.75, 3.05) is 0 Å². The second-order valence-corrected chi connectivity index (χ2v) is 6.37. The summed E-state index contributed by atoms with van der Waals surface area (Å²) in [7, 11) is 1.87. The molecule has 0 unspecified atom stereocenters. The van der Waals surface area contributed by atoms with Crippen LogP contribution in [0.1, 0.15) is 48.7 Å². The van der Waals surface area contributed by atoms with Crippen molar-refractivity contribution in [3.05, 3.63) is 17.5 Å². The minimum atomic E-state index is 0.0286. The van der Waals surface area contributed by atoms with Crippen molar-refractivity contribution in [3.63, 3.8) is 0 Å². The second-order valence-electron chi connectivity index (χ2n) is 6.37. The molecule has 4 heteroatoms. The van der Waals surface area contributed by atoms with Crippen LogP contribution in [-0.2, 0) is 7.05 Å². The van der Waals surface area contributed by atoms with Crippen LogP contribution < -0.4 is 5.32 Å². The van der Waals surface area contributed by atoms with E-state index in [1.54, 1.807) is 10.9 Å². The third-order valence-electron chi connectivity index (χ3n) is 5.27. The zero-order chi connectivity index (χ0) is 13.6. The lowest BCUT2D eigenvalue weighted by atomic mass is 9.84. The van der Waals surface area contributed by atoms with Crippen molar-refractivity contribution in [2.24, 2.45) is 24.8 Å². The van der Waals surface area contributed by atoms with Crippen LogP contribution in [0.4, 0.5) is 0 Å². The van der Waals surface area contributed by atoms with Crippen LogP contribution in [0.3, 0.4) is 0 Å². The highest BCUT2D eigenvalue weighted by Gasteiger charge is 2.42. The van der Waals surface area contributed by atoms with Crippen LogP contribution >= 0.6 is 0 Å². The molecule has 104 valence electrons. The fourth-order valence-corrected chi connectivity index (χ4v) is 4.02. The number of amides is 1. The van der Waals surface area contributed by atoms with Gasteiger partial charge in [0.1, 0.15) is 0 Å². The first-order valence-electron chi connectivity index (χ1n) is 7.35. The van der Waals surface area contributed by atoms with Crippen molar-refractivity contribution in [2.45, 2.75) is 45.6 Å². The summed E-state index contributed by atoms with van der Waals surface area (Å²) in [6, 6.07) is 0.280. The number of rotatable bonds is 3. The summed E-state index contributed by atoms with van der Waals surface area (Å²) in [4.78, 5) is 12.3. The molecular formula is C15H23N3O. The topological polar surface area (TPSA) is 46.9 Å². The van der Waals surface area contributed by atoms with Gasteiger partial charge in [-0.2, -0.15) is 5.10 Å². The van der Waals surface area contributed by atoms with Gasteiger partial charge in [-0.25, -0.2) is 0 Å². The molecule has 19 heavy (non-hydrogen) atoms. The van der Waals surface area contributed by atoms with E-state index in [9.17, 15) is 4.79 Å². The molecule has 2 saturated carbocycles. The highest BCUT2D eigenvalue weighted by molar-refractivity contribution is 5.95. The molecule has 2 bridgehead atoms. The van der Waals surface area contributed by atoms with Crippen molar-refractivity contribution in [3.8, 4) is 0 Å². The Kier molecular flexibility index (Phi) is 3.11. The van der Waals surface area contributed by atoms with E-state index in [1.165, 1.54) is 25.7 Å². The maximum atomic E-state index is 12.3. The zero-order valence-corrected chi connectivity index (χ0v) is 12.0. The van der Waals surface area contributed by atoms with Crippen molar-refractivity contribution in [1.29, 1.82) is 0 Å². The van der Waals surface area contributed by atoms with Crippen LogP contribution in [0.15, 0.2) is 6.20 Å². The Morgan fingerprint density at radius 3 is 2.79 bits per heavy atom. The van der Waals surface area contributed by atoms with Gasteiger partial charge in [-0.3, -0.25) is 9.48 Å². The number of carbonyl (C=O) groups excluding carboxylic acids is 1. The molecule has 0 aromatic carbocycles. The molecule has 0 aliphatic heterocycles. The Bertz CT molecular complexity index is 494. The Hall–Kier alpha value is -1.32. The van der Waals surface area contributed by atoms with Crippen LogP contribution in [-0.4, -0.2) is 21.7 Å². The number of carbonyl (C=O) groups is 1. The highest BCUT2D eigenvalue weighted by atomic mass is 16.1. The van der Waals surface area contributed by atoms with E-state index in [-0.39, 0.29) is 11.9 Å². The largest absolute Gasteiger partial charge is 0.349 e. The van der Waals surface area contributed by atoms with E-state index < -0.39 is 0 Å². The molecule has 3 rings (SSSR count). The van der Waals surface area contributed by atoms with E-state index in [0.717, 1.165) is 17.5 Å². The summed E-state index contributed by atoms with van der Waals surface area (Å²) in [6.07, 6.45) is 7.12. The molecule has 2 aliphatic carbocycles. The molecule has 4 atom stereocenters. The Balaban J connectivity index is 1.65. The monoisotopic (exact) mass is 261 g/mol. The normalized spacial score (nSPS) is 30.6. The van der Waals surface area contributed by atoms with E-state index in [1.807, 2.05) is 14.0 Å². The number of aryl methyl sites for hydroxylation is 1. The zero-order valence-electron chi connectivity index (χ0n) is 12.0. The minimum Gasteiger partial charge on any atom is -0.349 e. The van der Waals surface area contributed by atoms with Gasteiger partial charge in [0.2, 0.25) is 0 Å². The number of hydrogen-bond acceptors (Lipinski definition) is 2. The number of aromatic nitrogens is 2. The molecular weight excluding hydrogens is 238 g/mol. The summed E-state index contributed by atoms with van der Waals surface area (Å²) in [5, 5.41) is 7.32. The molecule has 0 spiro atoms. The second kappa shape index (κ2) is 4.66. The fraction of sp³-hybridized carbons (Fsp3) is 0.733.